The average Bonchev–Trinajstić information content (AvgIpc) is 3.90. The van der Waals surface area contributed by atoms with Gasteiger partial charge in [-0.25, -0.2) is 24.9 Å². The molecule has 0 saturated heterocycles. The standard InChI is InChI=1S/C41H23N5O2S/c1-6-12-35-29(7-1)30-22-21-28(23-36(30)49-35)39-45-37(24-13-17-26(18-14-24)40-42-31-8-2-4-10-33(31)47-40)44-38(46-39)25-15-19-27(20-16-25)41-43-32-9-3-5-11-34(32)48-41/h1-23H. The third-order valence-electron chi connectivity index (χ3n) is 8.64. The minimum absolute atomic E-state index is 0.570. The van der Waals surface area contributed by atoms with Gasteiger partial charge in [0.05, 0.1) is 0 Å². The van der Waals surface area contributed by atoms with Crippen molar-refractivity contribution >= 4 is 53.7 Å². The first-order chi connectivity index (χ1) is 24.2. The van der Waals surface area contributed by atoms with Crippen molar-refractivity contribution in [2.75, 3.05) is 0 Å². The fourth-order valence-electron chi connectivity index (χ4n) is 6.14. The first-order valence-electron chi connectivity index (χ1n) is 15.8. The molecule has 0 spiro atoms. The summed E-state index contributed by atoms with van der Waals surface area (Å²) in [5.41, 5.74) is 7.55. The number of para-hydroxylation sites is 4. The van der Waals surface area contributed by atoms with Gasteiger partial charge < -0.3 is 8.83 Å². The number of aromatic nitrogens is 5. The molecular formula is C41H23N5O2S. The zero-order valence-corrected chi connectivity index (χ0v) is 26.6. The second-order valence-electron chi connectivity index (χ2n) is 11.7. The summed E-state index contributed by atoms with van der Waals surface area (Å²) in [6, 6.07) is 46.4. The second-order valence-corrected chi connectivity index (χ2v) is 12.8. The molecule has 6 aromatic carbocycles. The van der Waals surface area contributed by atoms with E-state index in [1.165, 1.54) is 20.2 Å². The van der Waals surface area contributed by atoms with Crippen LogP contribution in [0.3, 0.4) is 0 Å². The Kier molecular flexibility index (Phi) is 6.22. The Labute approximate surface area is 283 Å². The summed E-state index contributed by atoms with van der Waals surface area (Å²) in [4.78, 5) is 24.3. The molecule has 0 aliphatic rings. The average molecular weight is 650 g/mol. The molecule has 4 heterocycles. The first kappa shape index (κ1) is 27.6. The highest BCUT2D eigenvalue weighted by molar-refractivity contribution is 7.25. The molecule has 0 N–H and O–H groups in total. The monoisotopic (exact) mass is 649 g/mol. The number of rotatable bonds is 5. The van der Waals surface area contributed by atoms with Crippen molar-refractivity contribution in [1.29, 1.82) is 0 Å². The van der Waals surface area contributed by atoms with Crippen LogP contribution < -0.4 is 0 Å². The van der Waals surface area contributed by atoms with E-state index < -0.39 is 0 Å². The maximum Gasteiger partial charge on any atom is 0.227 e. The summed E-state index contributed by atoms with van der Waals surface area (Å²) in [6.45, 7) is 0. The van der Waals surface area contributed by atoms with E-state index in [4.69, 9.17) is 23.8 Å². The molecule has 4 aromatic heterocycles. The minimum Gasteiger partial charge on any atom is -0.436 e. The molecule has 230 valence electrons. The van der Waals surface area contributed by atoms with Gasteiger partial charge in [0.25, 0.3) is 0 Å². The Morgan fingerprint density at radius 2 is 0.816 bits per heavy atom. The molecule has 0 bridgehead atoms. The summed E-state index contributed by atoms with van der Waals surface area (Å²) < 4.78 is 14.5. The van der Waals surface area contributed by atoms with Crippen LogP contribution in [0.2, 0.25) is 0 Å². The van der Waals surface area contributed by atoms with Gasteiger partial charge in [0.2, 0.25) is 11.8 Å². The molecule has 0 amide bonds. The summed E-state index contributed by atoms with van der Waals surface area (Å²) >= 11 is 1.77. The third kappa shape index (κ3) is 4.85. The predicted octanol–water partition coefficient (Wildman–Crippen LogP) is 10.9. The lowest BCUT2D eigenvalue weighted by Crippen LogP contribution is -2.00. The van der Waals surface area contributed by atoms with E-state index >= 15 is 0 Å². The Morgan fingerprint density at radius 3 is 1.39 bits per heavy atom. The smallest absolute Gasteiger partial charge is 0.227 e. The van der Waals surface area contributed by atoms with Gasteiger partial charge in [0.15, 0.2) is 28.6 Å². The third-order valence-corrected chi connectivity index (χ3v) is 9.77. The van der Waals surface area contributed by atoms with Crippen molar-refractivity contribution < 1.29 is 8.83 Å². The van der Waals surface area contributed by atoms with Gasteiger partial charge in [-0.2, -0.15) is 0 Å². The van der Waals surface area contributed by atoms with Crippen LogP contribution >= 0.6 is 11.3 Å². The molecule has 0 fully saturated rings. The van der Waals surface area contributed by atoms with Crippen LogP contribution in [-0.2, 0) is 0 Å². The highest BCUT2D eigenvalue weighted by Crippen LogP contribution is 2.37. The van der Waals surface area contributed by atoms with Crippen LogP contribution in [-0.4, -0.2) is 24.9 Å². The predicted molar refractivity (Wildman–Crippen MR) is 195 cm³/mol. The highest BCUT2D eigenvalue weighted by Gasteiger charge is 2.16. The molecule has 0 unspecified atom stereocenters. The molecule has 0 aliphatic heterocycles. The van der Waals surface area contributed by atoms with Gasteiger partial charge in [-0.3, -0.25) is 0 Å². The molecule has 0 radical (unpaired) electrons. The molecular weight excluding hydrogens is 627 g/mol. The number of hydrogen-bond acceptors (Lipinski definition) is 8. The molecule has 8 heteroatoms. The summed E-state index contributed by atoms with van der Waals surface area (Å²) in [5.74, 6) is 2.89. The van der Waals surface area contributed by atoms with Gasteiger partial charge in [-0.1, -0.05) is 78.9 Å². The van der Waals surface area contributed by atoms with Crippen LogP contribution in [0.1, 0.15) is 0 Å². The molecule has 49 heavy (non-hydrogen) atoms. The quantitative estimate of drug-likeness (QED) is 0.183. The fourth-order valence-corrected chi connectivity index (χ4v) is 7.29. The van der Waals surface area contributed by atoms with E-state index in [0.29, 0.717) is 29.3 Å². The maximum absolute atomic E-state index is 6.01. The van der Waals surface area contributed by atoms with Crippen LogP contribution in [0.5, 0.6) is 0 Å². The van der Waals surface area contributed by atoms with Crippen LogP contribution in [0, 0.1) is 0 Å². The van der Waals surface area contributed by atoms with Gasteiger partial charge in [-0.05, 0) is 60.7 Å². The number of oxazole rings is 2. The van der Waals surface area contributed by atoms with E-state index in [2.05, 4.69) is 52.4 Å². The van der Waals surface area contributed by atoms with Crippen molar-refractivity contribution in [3.05, 3.63) is 140 Å². The summed E-state index contributed by atoms with van der Waals surface area (Å²) in [6.07, 6.45) is 0. The molecule has 10 rings (SSSR count). The van der Waals surface area contributed by atoms with Crippen LogP contribution in [0.15, 0.2) is 148 Å². The van der Waals surface area contributed by atoms with Crippen LogP contribution in [0.25, 0.3) is 99.4 Å². The molecule has 7 nitrogen and oxygen atoms in total. The molecule has 10 aromatic rings. The van der Waals surface area contributed by atoms with Crippen LogP contribution in [0.4, 0.5) is 0 Å². The lowest BCUT2D eigenvalue weighted by Gasteiger charge is -2.09. The van der Waals surface area contributed by atoms with E-state index in [-0.39, 0.29) is 0 Å². The molecule has 0 aliphatic carbocycles. The number of nitrogens with zero attached hydrogens (tertiary/aromatic N) is 5. The minimum atomic E-state index is 0.570. The fraction of sp³-hybridized carbons (Fsp3) is 0. The van der Waals surface area contributed by atoms with Crippen molar-refractivity contribution in [1.82, 2.24) is 24.9 Å². The zero-order chi connectivity index (χ0) is 32.3. The summed E-state index contributed by atoms with van der Waals surface area (Å²) in [7, 11) is 0. The zero-order valence-electron chi connectivity index (χ0n) is 25.7. The van der Waals surface area contributed by atoms with Gasteiger partial charge >= 0.3 is 0 Å². The topological polar surface area (TPSA) is 90.7 Å². The van der Waals surface area contributed by atoms with Crippen molar-refractivity contribution in [3.63, 3.8) is 0 Å². The maximum atomic E-state index is 6.01. The second kappa shape index (κ2) is 11.0. The van der Waals surface area contributed by atoms with E-state index in [1.54, 1.807) is 11.3 Å². The van der Waals surface area contributed by atoms with Gasteiger partial charge in [-0.15, -0.1) is 11.3 Å². The first-order valence-corrected chi connectivity index (χ1v) is 16.6. The number of benzene rings is 6. The Balaban J connectivity index is 1.07. The highest BCUT2D eigenvalue weighted by atomic mass is 32.1. The molecule has 0 atom stereocenters. The lowest BCUT2D eigenvalue weighted by atomic mass is 10.1. The van der Waals surface area contributed by atoms with Gasteiger partial charge in [0, 0.05) is 48.0 Å². The van der Waals surface area contributed by atoms with E-state index in [9.17, 15) is 0 Å². The normalized spacial score (nSPS) is 11.7. The number of hydrogen-bond donors (Lipinski definition) is 0. The Morgan fingerprint density at radius 1 is 0.367 bits per heavy atom. The Bertz CT molecular complexity index is 2630. The number of fused-ring (bicyclic) bond motifs is 5. The SMILES string of the molecule is c1ccc2oc(-c3ccc(-c4nc(-c5ccc(-c6nc7ccccc7o6)cc5)nc(-c5ccc6c(c5)sc5ccccc56)n4)cc3)nc2c1. The number of thiophene rings is 1. The van der Waals surface area contributed by atoms with Crippen molar-refractivity contribution in [2.24, 2.45) is 0 Å². The molecule has 0 saturated carbocycles. The van der Waals surface area contributed by atoms with Gasteiger partial charge in [0.1, 0.15) is 11.0 Å². The van der Waals surface area contributed by atoms with E-state index in [1.807, 2.05) is 97.1 Å². The lowest BCUT2D eigenvalue weighted by molar-refractivity contribution is 0.619. The Hall–Kier alpha value is -6.51. The van der Waals surface area contributed by atoms with Crippen molar-refractivity contribution in [2.45, 2.75) is 0 Å². The van der Waals surface area contributed by atoms with Crippen molar-refractivity contribution in [3.8, 4) is 57.1 Å². The summed E-state index contributed by atoms with van der Waals surface area (Å²) in [5, 5.41) is 2.48. The van der Waals surface area contributed by atoms with E-state index in [0.717, 1.165) is 50.0 Å². The largest absolute Gasteiger partial charge is 0.436 e.